The summed E-state index contributed by atoms with van der Waals surface area (Å²) in [5, 5.41) is 0.212. The summed E-state index contributed by atoms with van der Waals surface area (Å²) in [6.45, 7) is 0. The van der Waals surface area contributed by atoms with Gasteiger partial charge in [0.25, 0.3) is 0 Å². The van der Waals surface area contributed by atoms with Gasteiger partial charge in [0.2, 0.25) is 0 Å². The highest BCUT2D eigenvalue weighted by atomic mass is 35.5. The molecule has 88 valence electrons. The van der Waals surface area contributed by atoms with Crippen LogP contribution in [-0.4, -0.2) is 0 Å². The van der Waals surface area contributed by atoms with Crippen LogP contribution in [0.15, 0.2) is 30.3 Å². The minimum atomic E-state index is 0.212. The van der Waals surface area contributed by atoms with Crippen LogP contribution in [0.5, 0.6) is 0 Å². The summed E-state index contributed by atoms with van der Waals surface area (Å²) >= 11 is 6.49. The smallest absolute Gasteiger partial charge is 0.0587 e. The van der Waals surface area contributed by atoms with Gasteiger partial charge in [-0.25, -0.2) is 0 Å². The summed E-state index contributed by atoms with van der Waals surface area (Å²) in [7, 11) is 0. The van der Waals surface area contributed by atoms with Crippen LogP contribution in [0, 0.1) is 5.92 Å². The maximum Gasteiger partial charge on any atom is 0.0587 e. The molecule has 1 aliphatic rings. The van der Waals surface area contributed by atoms with E-state index in [4.69, 9.17) is 11.6 Å². The molecule has 0 heterocycles. The fourth-order valence-electron chi connectivity index (χ4n) is 2.69. The molecule has 1 aromatic carbocycles. The van der Waals surface area contributed by atoms with E-state index in [9.17, 15) is 0 Å². The van der Waals surface area contributed by atoms with E-state index in [0.29, 0.717) is 0 Å². The first-order chi connectivity index (χ1) is 7.86. The quantitative estimate of drug-likeness (QED) is 0.492. The first kappa shape index (κ1) is 12.0. The average Bonchev–Trinajstić information content (AvgIpc) is 2.59. The molecule has 2 rings (SSSR count). The van der Waals surface area contributed by atoms with Crippen molar-refractivity contribution < 1.29 is 0 Å². The molecular formula is C15H21Cl. The second-order valence-corrected chi connectivity index (χ2v) is 5.50. The SMILES string of the molecule is ClC(CC1CCCCCC1)c1ccccc1. The van der Waals surface area contributed by atoms with Crippen LogP contribution in [-0.2, 0) is 0 Å². The maximum atomic E-state index is 6.49. The molecule has 0 saturated heterocycles. The van der Waals surface area contributed by atoms with Crippen LogP contribution in [0.3, 0.4) is 0 Å². The third-order valence-electron chi connectivity index (χ3n) is 3.68. The number of benzene rings is 1. The lowest BCUT2D eigenvalue weighted by Crippen LogP contribution is -2.03. The molecule has 0 amide bonds. The van der Waals surface area contributed by atoms with Crippen molar-refractivity contribution in [1.29, 1.82) is 0 Å². The number of hydrogen-bond donors (Lipinski definition) is 0. The molecule has 1 aliphatic carbocycles. The van der Waals surface area contributed by atoms with Gasteiger partial charge in [-0.15, -0.1) is 11.6 Å². The molecule has 0 radical (unpaired) electrons. The number of hydrogen-bond acceptors (Lipinski definition) is 0. The third kappa shape index (κ3) is 3.52. The van der Waals surface area contributed by atoms with Crippen molar-refractivity contribution in [1.82, 2.24) is 0 Å². The Morgan fingerprint density at radius 3 is 2.25 bits per heavy atom. The predicted octanol–water partition coefficient (Wildman–Crippen LogP) is 5.33. The van der Waals surface area contributed by atoms with Gasteiger partial charge < -0.3 is 0 Å². The first-order valence-electron chi connectivity index (χ1n) is 6.55. The second-order valence-electron chi connectivity index (χ2n) is 4.97. The third-order valence-corrected chi connectivity index (χ3v) is 4.11. The van der Waals surface area contributed by atoms with Crippen molar-refractivity contribution in [3.8, 4) is 0 Å². The van der Waals surface area contributed by atoms with Crippen molar-refractivity contribution in [3.63, 3.8) is 0 Å². The lowest BCUT2D eigenvalue weighted by Gasteiger charge is -2.18. The molecule has 16 heavy (non-hydrogen) atoms. The van der Waals surface area contributed by atoms with Gasteiger partial charge in [0.1, 0.15) is 0 Å². The minimum Gasteiger partial charge on any atom is -0.118 e. The highest BCUT2D eigenvalue weighted by Gasteiger charge is 2.17. The van der Waals surface area contributed by atoms with Gasteiger partial charge in [0.05, 0.1) is 5.38 Å². The lowest BCUT2D eigenvalue weighted by atomic mass is 9.92. The fourth-order valence-corrected chi connectivity index (χ4v) is 3.09. The Labute approximate surface area is 104 Å². The second kappa shape index (κ2) is 6.30. The van der Waals surface area contributed by atoms with E-state index in [-0.39, 0.29) is 5.38 Å². The Morgan fingerprint density at radius 2 is 1.62 bits per heavy atom. The van der Waals surface area contributed by atoms with E-state index in [2.05, 4.69) is 30.3 Å². The van der Waals surface area contributed by atoms with Gasteiger partial charge in [0.15, 0.2) is 0 Å². The van der Waals surface area contributed by atoms with Crippen molar-refractivity contribution in [2.75, 3.05) is 0 Å². The van der Waals surface area contributed by atoms with Crippen LogP contribution in [0.2, 0.25) is 0 Å². The number of alkyl halides is 1. The zero-order chi connectivity index (χ0) is 11.2. The molecule has 1 atom stereocenters. The molecule has 1 unspecified atom stereocenters. The molecule has 1 fully saturated rings. The highest BCUT2D eigenvalue weighted by molar-refractivity contribution is 6.20. The molecule has 0 bridgehead atoms. The van der Waals surface area contributed by atoms with Crippen molar-refractivity contribution in [2.45, 2.75) is 50.3 Å². The standard InChI is InChI=1S/C15H21Cl/c16-15(14-10-6-3-7-11-14)12-13-8-4-1-2-5-9-13/h3,6-7,10-11,13,15H,1-2,4-5,8-9,12H2. The van der Waals surface area contributed by atoms with E-state index in [1.54, 1.807) is 0 Å². The van der Waals surface area contributed by atoms with Gasteiger partial charge in [-0.05, 0) is 17.9 Å². The first-order valence-corrected chi connectivity index (χ1v) is 6.99. The van der Waals surface area contributed by atoms with Crippen molar-refractivity contribution in [2.24, 2.45) is 5.92 Å². The molecule has 1 heteroatoms. The Bertz CT molecular complexity index is 286. The largest absolute Gasteiger partial charge is 0.118 e. The van der Waals surface area contributed by atoms with Gasteiger partial charge >= 0.3 is 0 Å². The number of halogens is 1. The summed E-state index contributed by atoms with van der Waals surface area (Å²) in [5.41, 5.74) is 1.29. The van der Waals surface area contributed by atoms with Gasteiger partial charge in [0, 0.05) is 0 Å². The molecule has 1 saturated carbocycles. The molecule has 0 aromatic heterocycles. The Balaban J connectivity index is 1.88. The van der Waals surface area contributed by atoms with Crippen LogP contribution in [0.25, 0.3) is 0 Å². The van der Waals surface area contributed by atoms with Crippen molar-refractivity contribution in [3.05, 3.63) is 35.9 Å². The van der Waals surface area contributed by atoms with Gasteiger partial charge in [-0.2, -0.15) is 0 Å². The Kier molecular flexibility index (Phi) is 4.71. The summed E-state index contributed by atoms with van der Waals surface area (Å²) < 4.78 is 0. The normalized spacial score (nSPS) is 20.3. The van der Waals surface area contributed by atoms with Crippen LogP contribution in [0.1, 0.15) is 55.9 Å². The Hall–Kier alpha value is -0.490. The van der Waals surface area contributed by atoms with E-state index in [0.717, 1.165) is 12.3 Å². The van der Waals surface area contributed by atoms with E-state index < -0.39 is 0 Å². The van der Waals surface area contributed by atoms with Gasteiger partial charge in [-0.3, -0.25) is 0 Å². The zero-order valence-electron chi connectivity index (χ0n) is 9.87. The molecule has 0 aliphatic heterocycles. The summed E-state index contributed by atoms with van der Waals surface area (Å²) in [6, 6.07) is 10.5. The maximum absolute atomic E-state index is 6.49. The highest BCUT2D eigenvalue weighted by Crippen LogP contribution is 2.34. The topological polar surface area (TPSA) is 0 Å². The summed E-state index contributed by atoms with van der Waals surface area (Å²) in [6.07, 6.45) is 9.59. The predicted molar refractivity (Wildman–Crippen MR) is 70.8 cm³/mol. The number of rotatable bonds is 3. The van der Waals surface area contributed by atoms with E-state index in [1.807, 2.05) is 0 Å². The van der Waals surface area contributed by atoms with E-state index in [1.165, 1.54) is 44.1 Å². The van der Waals surface area contributed by atoms with E-state index >= 15 is 0 Å². The monoisotopic (exact) mass is 236 g/mol. The van der Waals surface area contributed by atoms with Crippen LogP contribution >= 0.6 is 11.6 Å². The van der Waals surface area contributed by atoms with Crippen molar-refractivity contribution >= 4 is 11.6 Å². The minimum absolute atomic E-state index is 0.212. The van der Waals surface area contributed by atoms with Gasteiger partial charge in [-0.1, -0.05) is 68.9 Å². The zero-order valence-corrected chi connectivity index (χ0v) is 10.6. The molecule has 0 N–H and O–H groups in total. The summed E-state index contributed by atoms with van der Waals surface area (Å²) in [5.74, 6) is 0.852. The average molecular weight is 237 g/mol. The molecule has 0 nitrogen and oxygen atoms in total. The molecule has 1 aromatic rings. The molecule has 0 spiro atoms. The Morgan fingerprint density at radius 1 is 1.00 bits per heavy atom. The summed E-state index contributed by atoms with van der Waals surface area (Å²) in [4.78, 5) is 0. The lowest BCUT2D eigenvalue weighted by molar-refractivity contribution is 0.423. The molecular weight excluding hydrogens is 216 g/mol. The fraction of sp³-hybridized carbons (Fsp3) is 0.600. The van der Waals surface area contributed by atoms with Crippen LogP contribution < -0.4 is 0 Å². The van der Waals surface area contributed by atoms with Crippen LogP contribution in [0.4, 0.5) is 0 Å².